The third-order valence-electron chi connectivity index (χ3n) is 1.82. The number of ether oxygens (including phenoxy) is 2. The standard InChI is InChI=1S/C9H7ClF3NO4/c1-17-5-2-4(3-10)6(8(15)16)7(14-5)18-9(11,12)13/h2H,3H2,1H3,(H,15,16). The topological polar surface area (TPSA) is 68.7 Å². The molecule has 1 N–H and O–H groups in total. The molecule has 0 atom stereocenters. The van der Waals surface area contributed by atoms with Gasteiger partial charge in [-0.3, -0.25) is 0 Å². The molecule has 1 aromatic heterocycles. The van der Waals surface area contributed by atoms with Crippen LogP contribution in [0.15, 0.2) is 6.07 Å². The van der Waals surface area contributed by atoms with Crippen LogP contribution in [0.5, 0.6) is 11.8 Å². The molecule has 0 saturated heterocycles. The summed E-state index contributed by atoms with van der Waals surface area (Å²) in [4.78, 5) is 14.2. The van der Waals surface area contributed by atoms with Gasteiger partial charge in [0.1, 0.15) is 5.56 Å². The van der Waals surface area contributed by atoms with Gasteiger partial charge in [0.05, 0.1) is 7.11 Å². The smallest absolute Gasteiger partial charge is 0.481 e. The second-order valence-corrected chi connectivity index (χ2v) is 3.26. The van der Waals surface area contributed by atoms with Gasteiger partial charge < -0.3 is 14.6 Å². The minimum Gasteiger partial charge on any atom is -0.481 e. The SMILES string of the molecule is COc1cc(CCl)c(C(=O)O)c(OC(F)(F)F)n1. The van der Waals surface area contributed by atoms with Crippen molar-refractivity contribution < 1.29 is 32.5 Å². The van der Waals surface area contributed by atoms with Crippen LogP contribution in [0.4, 0.5) is 13.2 Å². The highest BCUT2D eigenvalue weighted by Crippen LogP contribution is 2.30. The minimum absolute atomic E-state index is 0.0877. The van der Waals surface area contributed by atoms with E-state index >= 15 is 0 Å². The van der Waals surface area contributed by atoms with Crippen LogP contribution in [0.25, 0.3) is 0 Å². The van der Waals surface area contributed by atoms with Crippen LogP contribution in [-0.4, -0.2) is 29.5 Å². The molecule has 18 heavy (non-hydrogen) atoms. The van der Waals surface area contributed by atoms with Gasteiger partial charge in [0.15, 0.2) is 0 Å². The van der Waals surface area contributed by atoms with Crippen molar-refractivity contribution in [1.29, 1.82) is 0 Å². The molecule has 1 rings (SSSR count). The fourth-order valence-corrected chi connectivity index (χ4v) is 1.38. The summed E-state index contributed by atoms with van der Waals surface area (Å²) < 4.78 is 44.6. The predicted molar refractivity (Wildman–Crippen MR) is 54.0 cm³/mol. The van der Waals surface area contributed by atoms with E-state index in [9.17, 15) is 18.0 Å². The van der Waals surface area contributed by atoms with Crippen LogP contribution in [0.2, 0.25) is 0 Å². The average Bonchev–Trinajstić information content (AvgIpc) is 2.25. The maximum absolute atomic E-state index is 12.1. The van der Waals surface area contributed by atoms with Gasteiger partial charge in [-0.1, -0.05) is 0 Å². The average molecular weight is 286 g/mol. The number of hydrogen-bond donors (Lipinski definition) is 1. The van der Waals surface area contributed by atoms with Crippen LogP contribution in [0.3, 0.4) is 0 Å². The lowest BCUT2D eigenvalue weighted by Crippen LogP contribution is -2.21. The van der Waals surface area contributed by atoms with Gasteiger partial charge in [0, 0.05) is 11.9 Å². The molecule has 0 aliphatic heterocycles. The monoisotopic (exact) mass is 285 g/mol. The molecule has 0 radical (unpaired) electrons. The molecule has 0 aromatic carbocycles. The molecular weight excluding hydrogens is 279 g/mol. The summed E-state index contributed by atoms with van der Waals surface area (Å²) in [5.41, 5.74) is -0.835. The molecule has 5 nitrogen and oxygen atoms in total. The Bertz CT molecular complexity index is 464. The third-order valence-corrected chi connectivity index (χ3v) is 2.11. The van der Waals surface area contributed by atoms with Gasteiger partial charge >= 0.3 is 12.3 Å². The Hall–Kier alpha value is -1.70. The number of carbonyl (C=O) groups is 1. The zero-order valence-electron chi connectivity index (χ0n) is 8.92. The van der Waals surface area contributed by atoms with Gasteiger partial charge in [-0.15, -0.1) is 24.8 Å². The Morgan fingerprint density at radius 1 is 1.56 bits per heavy atom. The van der Waals surface area contributed by atoms with Crippen molar-refractivity contribution in [3.63, 3.8) is 0 Å². The third kappa shape index (κ3) is 3.39. The van der Waals surface area contributed by atoms with Gasteiger partial charge in [0.25, 0.3) is 0 Å². The number of aromatic carboxylic acids is 1. The first-order valence-corrected chi connectivity index (χ1v) is 4.95. The van der Waals surface area contributed by atoms with Gasteiger partial charge in [-0.25, -0.2) is 4.79 Å². The second kappa shape index (κ2) is 5.30. The highest BCUT2D eigenvalue weighted by Gasteiger charge is 2.35. The number of nitrogens with zero attached hydrogens (tertiary/aromatic N) is 1. The van der Waals surface area contributed by atoms with Crippen LogP contribution in [-0.2, 0) is 5.88 Å². The lowest BCUT2D eigenvalue weighted by atomic mass is 10.1. The van der Waals surface area contributed by atoms with E-state index < -0.39 is 23.8 Å². The Labute approximate surface area is 104 Å². The molecule has 1 aromatic rings. The van der Waals surface area contributed by atoms with Crippen molar-refractivity contribution in [2.75, 3.05) is 7.11 Å². The van der Waals surface area contributed by atoms with E-state index in [-0.39, 0.29) is 17.3 Å². The van der Waals surface area contributed by atoms with E-state index in [1.165, 1.54) is 0 Å². The number of rotatable bonds is 4. The molecule has 9 heteroatoms. The van der Waals surface area contributed by atoms with Crippen molar-refractivity contribution in [1.82, 2.24) is 4.98 Å². The quantitative estimate of drug-likeness (QED) is 0.861. The van der Waals surface area contributed by atoms with Gasteiger partial charge in [-0.2, -0.15) is 4.98 Å². The van der Waals surface area contributed by atoms with Crippen LogP contribution >= 0.6 is 11.6 Å². The molecule has 100 valence electrons. The summed E-state index contributed by atoms with van der Waals surface area (Å²) in [6.45, 7) is 0. The van der Waals surface area contributed by atoms with Crippen LogP contribution < -0.4 is 9.47 Å². The van der Waals surface area contributed by atoms with Gasteiger partial charge in [-0.05, 0) is 5.56 Å². The Morgan fingerprint density at radius 3 is 2.56 bits per heavy atom. The maximum atomic E-state index is 12.1. The first-order valence-electron chi connectivity index (χ1n) is 4.41. The highest BCUT2D eigenvalue weighted by atomic mass is 35.5. The molecule has 0 aliphatic rings. The summed E-state index contributed by atoms with van der Waals surface area (Å²) in [6, 6.07) is 1.12. The Balaban J connectivity index is 3.39. The van der Waals surface area contributed by atoms with Crippen LogP contribution in [0, 0.1) is 0 Å². The molecule has 0 unspecified atom stereocenters. The Morgan fingerprint density at radius 2 is 2.17 bits per heavy atom. The summed E-state index contributed by atoms with van der Waals surface area (Å²) in [5.74, 6) is -3.28. The van der Waals surface area contributed by atoms with Crippen molar-refractivity contribution in [3.05, 3.63) is 17.2 Å². The van der Waals surface area contributed by atoms with E-state index in [1.807, 2.05) is 0 Å². The number of aromatic nitrogens is 1. The van der Waals surface area contributed by atoms with Crippen molar-refractivity contribution >= 4 is 17.6 Å². The predicted octanol–water partition coefficient (Wildman–Crippen LogP) is 2.43. The number of hydrogen-bond acceptors (Lipinski definition) is 4. The molecule has 0 fully saturated rings. The molecule has 1 heterocycles. The number of halogens is 4. The van der Waals surface area contributed by atoms with E-state index in [4.69, 9.17) is 16.7 Å². The second-order valence-electron chi connectivity index (χ2n) is 2.99. The summed E-state index contributed by atoms with van der Waals surface area (Å²) in [6.07, 6.45) is -5.06. The molecule has 0 bridgehead atoms. The fourth-order valence-electron chi connectivity index (χ4n) is 1.17. The first-order chi connectivity index (χ1) is 8.28. The Kier molecular flexibility index (Phi) is 4.23. The number of carboxylic acids is 1. The highest BCUT2D eigenvalue weighted by molar-refractivity contribution is 6.17. The molecular formula is C9H7ClF3NO4. The van der Waals surface area contributed by atoms with E-state index in [0.717, 1.165) is 13.2 Å². The lowest BCUT2D eigenvalue weighted by Gasteiger charge is -2.13. The minimum atomic E-state index is -5.06. The molecule has 0 spiro atoms. The number of pyridine rings is 1. The zero-order chi connectivity index (χ0) is 13.9. The number of carboxylic acid groups (broad SMARTS) is 1. The van der Waals surface area contributed by atoms with Gasteiger partial charge in [0.2, 0.25) is 11.8 Å². The van der Waals surface area contributed by atoms with Crippen molar-refractivity contribution in [3.8, 4) is 11.8 Å². The number of alkyl halides is 4. The molecule has 0 amide bonds. The van der Waals surface area contributed by atoms with E-state index in [1.54, 1.807) is 0 Å². The molecule has 0 aliphatic carbocycles. The summed E-state index contributed by atoms with van der Waals surface area (Å²) in [7, 11) is 1.16. The summed E-state index contributed by atoms with van der Waals surface area (Å²) in [5, 5.41) is 8.85. The first kappa shape index (κ1) is 14.4. The zero-order valence-corrected chi connectivity index (χ0v) is 9.67. The van der Waals surface area contributed by atoms with Crippen molar-refractivity contribution in [2.24, 2.45) is 0 Å². The number of methoxy groups -OCH3 is 1. The molecule has 0 saturated carbocycles. The van der Waals surface area contributed by atoms with Crippen molar-refractivity contribution in [2.45, 2.75) is 12.2 Å². The largest absolute Gasteiger partial charge is 0.574 e. The van der Waals surface area contributed by atoms with E-state index in [0.29, 0.717) is 0 Å². The summed E-state index contributed by atoms with van der Waals surface area (Å²) >= 11 is 5.46. The lowest BCUT2D eigenvalue weighted by molar-refractivity contribution is -0.276. The normalized spacial score (nSPS) is 11.2. The van der Waals surface area contributed by atoms with Crippen LogP contribution in [0.1, 0.15) is 15.9 Å². The maximum Gasteiger partial charge on any atom is 0.574 e. The van der Waals surface area contributed by atoms with E-state index in [2.05, 4.69) is 14.5 Å². The fraction of sp³-hybridized carbons (Fsp3) is 0.333.